The molecule has 1 aliphatic heterocycles. The van der Waals surface area contributed by atoms with Crippen LogP contribution in [0.15, 0.2) is 18.2 Å². The van der Waals surface area contributed by atoms with E-state index in [-0.39, 0.29) is 11.0 Å². The van der Waals surface area contributed by atoms with E-state index < -0.39 is 0 Å². The molecule has 1 fully saturated rings. The van der Waals surface area contributed by atoms with E-state index in [0.29, 0.717) is 22.4 Å². The van der Waals surface area contributed by atoms with Crippen LogP contribution < -0.4 is 4.74 Å². The third-order valence-electron chi connectivity index (χ3n) is 3.74. The zero-order chi connectivity index (χ0) is 14.1. The van der Waals surface area contributed by atoms with Crippen LogP contribution in [0, 0.1) is 5.41 Å². The number of hydrogen-bond donors (Lipinski definition) is 0. The largest absolute Gasteiger partial charge is 0.492 e. The maximum absolute atomic E-state index is 6.05. The molecule has 2 nitrogen and oxygen atoms in total. The van der Waals surface area contributed by atoms with Crippen LogP contribution in [0.5, 0.6) is 5.75 Å². The van der Waals surface area contributed by atoms with Crippen molar-refractivity contribution in [3.8, 4) is 5.75 Å². The van der Waals surface area contributed by atoms with Gasteiger partial charge in [0.05, 0.1) is 23.8 Å². The van der Waals surface area contributed by atoms with E-state index >= 15 is 0 Å². The lowest BCUT2D eigenvalue weighted by molar-refractivity contribution is 0.135. The summed E-state index contributed by atoms with van der Waals surface area (Å²) in [4.78, 5) is 0. The van der Waals surface area contributed by atoms with Crippen LogP contribution >= 0.6 is 23.2 Å². The molecule has 0 aliphatic carbocycles. The highest BCUT2D eigenvalue weighted by atomic mass is 35.5. The van der Waals surface area contributed by atoms with Crippen LogP contribution in [0.25, 0.3) is 0 Å². The van der Waals surface area contributed by atoms with Crippen molar-refractivity contribution in [3.05, 3.63) is 28.2 Å². The highest BCUT2D eigenvalue weighted by Crippen LogP contribution is 2.47. The van der Waals surface area contributed by atoms with Crippen molar-refractivity contribution in [2.24, 2.45) is 5.41 Å². The molecule has 1 heterocycles. The number of rotatable bonds is 5. The summed E-state index contributed by atoms with van der Waals surface area (Å²) in [6.45, 7) is 8.16. The van der Waals surface area contributed by atoms with Crippen molar-refractivity contribution in [2.75, 3.05) is 13.2 Å². The van der Waals surface area contributed by atoms with Crippen molar-refractivity contribution in [2.45, 2.75) is 39.2 Å². The summed E-state index contributed by atoms with van der Waals surface area (Å²) in [6, 6.07) is 5.28. The second-order valence-corrected chi connectivity index (χ2v) is 6.90. The van der Waals surface area contributed by atoms with Crippen LogP contribution in [0.1, 0.15) is 33.6 Å². The van der Waals surface area contributed by atoms with E-state index in [9.17, 15) is 0 Å². The van der Waals surface area contributed by atoms with Gasteiger partial charge in [-0.1, -0.05) is 44.0 Å². The predicted octanol–water partition coefficient (Wildman–Crippen LogP) is 4.97. The first-order chi connectivity index (χ1) is 8.84. The lowest BCUT2D eigenvalue weighted by atomic mass is 9.78. The molecule has 1 aromatic carbocycles. The number of hydrogen-bond acceptors (Lipinski definition) is 2. The van der Waals surface area contributed by atoms with E-state index in [1.807, 2.05) is 0 Å². The normalized spacial score (nSPS) is 22.4. The Morgan fingerprint density at radius 2 is 2.00 bits per heavy atom. The van der Waals surface area contributed by atoms with E-state index in [1.165, 1.54) is 0 Å². The van der Waals surface area contributed by atoms with Gasteiger partial charge in [0.15, 0.2) is 0 Å². The molecular formula is C15H20Cl2O2. The van der Waals surface area contributed by atoms with Crippen LogP contribution in [0.3, 0.4) is 0 Å². The summed E-state index contributed by atoms with van der Waals surface area (Å²) >= 11 is 11.9. The van der Waals surface area contributed by atoms with Crippen LogP contribution in [0.2, 0.25) is 10.0 Å². The lowest BCUT2D eigenvalue weighted by Crippen LogP contribution is -2.30. The molecule has 0 bridgehead atoms. The van der Waals surface area contributed by atoms with Crippen molar-refractivity contribution >= 4 is 23.2 Å². The molecule has 1 atom stereocenters. The Morgan fingerprint density at radius 1 is 1.32 bits per heavy atom. The van der Waals surface area contributed by atoms with Crippen molar-refractivity contribution in [1.29, 1.82) is 0 Å². The molecule has 1 unspecified atom stereocenters. The molecule has 4 heteroatoms. The Kier molecular flexibility index (Phi) is 4.34. The molecular weight excluding hydrogens is 283 g/mol. The fourth-order valence-corrected chi connectivity index (χ4v) is 2.63. The molecule has 1 aliphatic rings. The lowest BCUT2D eigenvalue weighted by Gasteiger charge is -2.27. The molecule has 0 amide bonds. The molecule has 0 spiro atoms. The topological polar surface area (TPSA) is 21.8 Å². The molecule has 0 radical (unpaired) electrons. The molecule has 0 N–H and O–H groups in total. The monoisotopic (exact) mass is 302 g/mol. The molecule has 2 rings (SSSR count). The molecule has 106 valence electrons. The Hall–Kier alpha value is -0.440. The van der Waals surface area contributed by atoms with Gasteiger partial charge in [0, 0.05) is 5.02 Å². The van der Waals surface area contributed by atoms with Crippen molar-refractivity contribution < 1.29 is 9.47 Å². The molecule has 1 saturated heterocycles. The molecule has 0 aromatic heterocycles. The fraction of sp³-hybridized carbons (Fsp3) is 0.600. The Labute approximate surface area is 125 Å². The minimum Gasteiger partial charge on any atom is -0.492 e. The Bertz CT molecular complexity index is 448. The highest BCUT2D eigenvalue weighted by molar-refractivity contribution is 6.35. The van der Waals surface area contributed by atoms with Gasteiger partial charge in [-0.15, -0.1) is 0 Å². The zero-order valence-electron chi connectivity index (χ0n) is 11.6. The van der Waals surface area contributed by atoms with Gasteiger partial charge >= 0.3 is 0 Å². The number of benzene rings is 1. The van der Waals surface area contributed by atoms with Crippen molar-refractivity contribution in [1.82, 2.24) is 0 Å². The van der Waals surface area contributed by atoms with Gasteiger partial charge in [-0.05, 0) is 36.5 Å². The highest BCUT2D eigenvalue weighted by Gasteiger charge is 2.53. The molecule has 19 heavy (non-hydrogen) atoms. The standard InChI is InChI=1S/C15H20Cl2O2/c1-14(2,3)15(10-19-15)7-4-8-18-13-6-5-11(16)9-12(13)17/h5-6,9H,4,7-8,10H2,1-3H3. The third kappa shape index (κ3) is 3.56. The van der Waals surface area contributed by atoms with Crippen LogP contribution in [-0.2, 0) is 4.74 Å². The summed E-state index contributed by atoms with van der Waals surface area (Å²) in [5.74, 6) is 0.688. The van der Waals surface area contributed by atoms with Gasteiger partial charge in [-0.3, -0.25) is 0 Å². The van der Waals surface area contributed by atoms with Crippen molar-refractivity contribution in [3.63, 3.8) is 0 Å². The number of halogens is 2. The van der Waals surface area contributed by atoms with Crippen LogP contribution in [-0.4, -0.2) is 18.8 Å². The third-order valence-corrected chi connectivity index (χ3v) is 4.27. The first-order valence-corrected chi connectivity index (χ1v) is 7.31. The summed E-state index contributed by atoms with van der Waals surface area (Å²) in [5, 5.41) is 1.18. The summed E-state index contributed by atoms with van der Waals surface area (Å²) in [7, 11) is 0. The number of epoxide rings is 1. The van der Waals surface area contributed by atoms with Gasteiger partial charge < -0.3 is 9.47 Å². The van der Waals surface area contributed by atoms with E-state index in [0.717, 1.165) is 19.4 Å². The van der Waals surface area contributed by atoms with E-state index in [4.69, 9.17) is 32.7 Å². The Balaban J connectivity index is 1.79. The minimum absolute atomic E-state index is 0.0418. The SMILES string of the molecule is CC(C)(C)C1(CCCOc2ccc(Cl)cc2Cl)CO1. The number of ether oxygens (including phenoxy) is 2. The minimum atomic E-state index is 0.0418. The molecule has 1 aromatic rings. The van der Waals surface area contributed by atoms with Gasteiger partial charge in [-0.25, -0.2) is 0 Å². The average Bonchev–Trinajstić information content (AvgIpc) is 3.07. The Morgan fingerprint density at radius 3 is 2.53 bits per heavy atom. The van der Waals surface area contributed by atoms with Gasteiger partial charge in [-0.2, -0.15) is 0 Å². The fourth-order valence-electron chi connectivity index (χ4n) is 2.17. The van der Waals surface area contributed by atoms with E-state index in [2.05, 4.69) is 20.8 Å². The zero-order valence-corrected chi connectivity index (χ0v) is 13.1. The first kappa shape index (κ1) is 15.0. The maximum atomic E-state index is 6.05. The predicted molar refractivity (Wildman–Crippen MR) is 79.3 cm³/mol. The average molecular weight is 303 g/mol. The quantitative estimate of drug-likeness (QED) is 0.566. The van der Waals surface area contributed by atoms with E-state index in [1.54, 1.807) is 18.2 Å². The van der Waals surface area contributed by atoms with Crippen LogP contribution in [0.4, 0.5) is 0 Å². The summed E-state index contributed by atoms with van der Waals surface area (Å²) < 4.78 is 11.3. The van der Waals surface area contributed by atoms with Gasteiger partial charge in [0.2, 0.25) is 0 Å². The second kappa shape index (κ2) is 5.51. The van der Waals surface area contributed by atoms with Gasteiger partial charge in [0.1, 0.15) is 5.75 Å². The smallest absolute Gasteiger partial charge is 0.137 e. The maximum Gasteiger partial charge on any atom is 0.137 e. The second-order valence-electron chi connectivity index (χ2n) is 6.06. The summed E-state index contributed by atoms with van der Waals surface area (Å²) in [6.07, 6.45) is 1.97. The summed E-state index contributed by atoms with van der Waals surface area (Å²) in [5.41, 5.74) is 0.227. The van der Waals surface area contributed by atoms with Gasteiger partial charge in [0.25, 0.3) is 0 Å². The molecule has 0 saturated carbocycles. The first-order valence-electron chi connectivity index (χ1n) is 6.56.